The van der Waals surface area contributed by atoms with E-state index in [1.54, 1.807) is 13.8 Å². The molecule has 2 heterocycles. The van der Waals surface area contributed by atoms with Crippen molar-refractivity contribution in [2.24, 2.45) is 0 Å². The second kappa shape index (κ2) is 4.97. The first kappa shape index (κ1) is 14.3. The lowest BCUT2D eigenvalue weighted by atomic mass is 10.1. The van der Waals surface area contributed by atoms with E-state index in [9.17, 15) is 13.2 Å². The summed E-state index contributed by atoms with van der Waals surface area (Å²) in [4.78, 5) is 4.12. The molecule has 0 aliphatic heterocycles. The van der Waals surface area contributed by atoms with Gasteiger partial charge in [0, 0.05) is 5.56 Å². The lowest BCUT2D eigenvalue weighted by Gasteiger charge is -2.06. The van der Waals surface area contributed by atoms with Crippen LogP contribution >= 0.6 is 0 Å². The van der Waals surface area contributed by atoms with Crippen LogP contribution in [-0.4, -0.2) is 15.3 Å². The monoisotopic (exact) mass is 309 g/mol. The average molecular weight is 309 g/mol. The summed E-state index contributed by atoms with van der Waals surface area (Å²) in [6, 6.07) is 4.74. The summed E-state index contributed by atoms with van der Waals surface area (Å²) < 4.78 is 48.3. The Labute approximate surface area is 122 Å². The van der Waals surface area contributed by atoms with Crippen LogP contribution in [0.2, 0.25) is 0 Å². The number of halogens is 3. The minimum atomic E-state index is -4.43. The summed E-state index contributed by atoms with van der Waals surface area (Å²) >= 11 is 0. The van der Waals surface area contributed by atoms with Crippen molar-refractivity contribution in [1.82, 2.24) is 15.3 Å². The Morgan fingerprint density at radius 2 is 1.82 bits per heavy atom. The van der Waals surface area contributed by atoms with Crippen molar-refractivity contribution in [1.29, 1.82) is 0 Å². The minimum absolute atomic E-state index is 0.0705. The molecule has 0 unspecified atom stereocenters. The molecule has 1 aromatic carbocycles. The summed E-state index contributed by atoms with van der Waals surface area (Å²) in [6.07, 6.45) is -4.43. The summed E-state index contributed by atoms with van der Waals surface area (Å²) in [6.45, 7) is 3.39. The first-order valence-electron chi connectivity index (χ1n) is 6.31. The molecule has 8 heteroatoms. The Morgan fingerprint density at radius 1 is 1.05 bits per heavy atom. The molecule has 0 amide bonds. The highest BCUT2D eigenvalue weighted by molar-refractivity contribution is 5.62. The van der Waals surface area contributed by atoms with Crippen LogP contribution in [0.15, 0.2) is 33.3 Å². The Bertz CT molecular complexity index is 801. The number of aromatic nitrogens is 3. The summed E-state index contributed by atoms with van der Waals surface area (Å²) in [5.74, 6) is 0.724. The minimum Gasteiger partial charge on any atom is -0.361 e. The summed E-state index contributed by atoms with van der Waals surface area (Å²) in [5, 5.41) is 7.49. The van der Waals surface area contributed by atoms with Crippen molar-refractivity contribution >= 4 is 0 Å². The zero-order valence-corrected chi connectivity index (χ0v) is 11.6. The maximum Gasteiger partial charge on any atom is 0.416 e. The highest BCUT2D eigenvalue weighted by atomic mass is 19.4. The zero-order valence-electron chi connectivity index (χ0n) is 11.6. The molecule has 3 rings (SSSR count). The van der Waals surface area contributed by atoms with E-state index in [2.05, 4.69) is 15.3 Å². The second-order valence-corrected chi connectivity index (χ2v) is 4.70. The van der Waals surface area contributed by atoms with Gasteiger partial charge in [0.05, 0.1) is 11.3 Å². The Kier molecular flexibility index (Phi) is 3.23. The van der Waals surface area contributed by atoms with Crippen LogP contribution in [0.5, 0.6) is 0 Å². The molecule has 114 valence electrons. The van der Waals surface area contributed by atoms with Crippen molar-refractivity contribution < 1.29 is 22.2 Å². The highest BCUT2D eigenvalue weighted by Gasteiger charge is 2.31. The predicted octanol–water partition coefficient (Wildman–Crippen LogP) is 4.03. The van der Waals surface area contributed by atoms with Gasteiger partial charge >= 0.3 is 6.18 Å². The number of benzene rings is 1. The average Bonchev–Trinajstić information content (AvgIpc) is 3.05. The molecule has 0 saturated heterocycles. The number of nitrogens with zero attached hydrogens (tertiary/aromatic N) is 3. The molecule has 2 aromatic heterocycles. The molecule has 3 aromatic rings. The van der Waals surface area contributed by atoms with E-state index >= 15 is 0 Å². The first-order valence-corrected chi connectivity index (χ1v) is 6.31. The van der Waals surface area contributed by atoms with Gasteiger partial charge in [-0.15, -0.1) is 0 Å². The molecule has 0 spiro atoms. The molecule has 0 radical (unpaired) electrons. The molecular weight excluding hydrogens is 299 g/mol. The standard InChI is InChI=1S/C14H10F3N3O2/c1-7-11(8(2)21-19-7)13-18-12(20-22-13)9-4-3-5-10(6-9)14(15,16)17/h3-6H,1-2H3. The van der Waals surface area contributed by atoms with Crippen molar-refractivity contribution in [2.75, 3.05) is 0 Å². The van der Waals surface area contributed by atoms with E-state index in [4.69, 9.17) is 9.05 Å². The molecular formula is C14H10F3N3O2. The third-order valence-electron chi connectivity index (χ3n) is 3.12. The number of aryl methyl sites for hydroxylation is 2. The second-order valence-electron chi connectivity index (χ2n) is 4.70. The molecule has 0 aliphatic carbocycles. The van der Waals surface area contributed by atoms with E-state index < -0.39 is 11.7 Å². The van der Waals surface area contributed by atoms with Gasteiger partial charge in [-0.2, -0.15) is 18.2 Å². The van der Waals surface area contributed by atoms with Crippen LogP contribution in [0.1, 0.15) is 17.0 Å². The Hall–Kier alpha value is -2.64. The molecule has 0 aliphatic rings. The maximum absolute atomic E-state index is 12.7. The number of hydrogen-bond donors (Lipinski definition) is 0. The maximum atomic E-state index is 12.7. The Balaban J connectivity index is 2.02. The van der Waals surface area contributed by atoms with Gasteiger partial charge in [0.2, 0.25) is 5.82 Å². The Morgan fingerprint density at radius 3 is 2.45 bits per heavy atom. The third kappa shape index (κ3) is 2.47. The van der Waals surface area contributed by atoms with Crippen molar-refractivity contribution in [3.05, 3.63) is 41.3 Å². The van der Waals surface area contributed by atoms with Crippen LogP contribution in [-0.2, 0) is 6.18 Å². The number of alkyl halides is 3. The highest BCUT2D eigenvalue weighted by Crippen LogP contribution is 2.32. The largest absolute Gasteiger partial charge is 0.416 e. The fraction of sp³-hybridized carbons (Fsp3) is 0.214. The van der Waals surface area contributed by atoms with Gasteiger partial charge in [-0.1, -0.05) is 22.4 Å². The predicted molar refractivity (Wildman–Crippen MR) is 69.7 cm³/mol. The molecule has 0 saturated carbocycles. The first-order chi connectivity index (χ1) is 10.4. The SMILES string of the molecule is Cc1noc(C)c1-c1nc(-c2cccc(C(F)(F)F)c2)no1. The van der Waals surface area contributed by atoms with Gasteiger partial charge in [0.1, 0.15) is 11.3 Å². The van der Waals surface area contributed by atoms with Crippen molar-refractivity contribution in [3.63, 3.8) is 0 Å². The lowest BCUT2D eigenvalue weighted by molar-refractivity contribution is -0.137. The molecule has 22 heavy (non-hydrogen) atoms. The van der Waals surface area contributed by atoms with E-state index in [0.29, 0.717) is 17.0 Å². The van der Waals surface area contributed by atoms with E-state index in [1.165, 1.54) is 12.1 Å². The van der Waals surface area contributed by atoms with Crippen molar-refractivity contribution in [2.45, 2.75) is 20.0 Å². The van der Waals surface area contributed by atoms with Gasteiger partial charge in [-0.3, -0.25) is 0 Å². The van der Waals surface area contributed by atoms with E-state index in [-0.39, 0.29) is 17.3 Å². The normalized spacial score (nSPS) is 11.9. The van der Waals surface area contributed by atoms with Crippen LogP contribution in [0.4, 0.5) is 13.2 Å². The molecule has 0 N–H and O–H groups in total. The van der Waals surface area contributed by atoms with E-state index in [1.807, 2.05) is 0 Å². The summed E-state index contributed by atoms with van der Waals surface area (Å²) in [7, 11) is 0. The topological polar surface area (TPSA) is 65.0 Å². The number of rotatable bonds is 2. The summed E-state index contributed by atoms with van der Waals surface area (Å²) in [5.41, 5.74) is 0.563. The van der Waals surface area contributed by atoms with Gasteiger partial charge in [-0.05, 0) is 26.0 Å². The molecule has 0 fully saturated rings. The fourth-order valence-electron chi connectivity index (χ4n) is 2.07. The lowest BCUT2D eigenvalue weighted by Crippen LogP contribution is -2.04. The van der Waals surface area contributed by atoms with Crippen LogP contribution in [0.3, 0.4) is 0 Å². The number of hydrogen-bond acceptors (Lipinski definition) is 5. The van der Waals surface area contributed by atoms with Gasteiger partial charge in [-0.25, -0.2) is 0 Å². The van der Waals surface area contributed by atoms with Crippen LogP contribution < -0.4 is 0 Å². The molecule has 0 bridgehead atoms. The zero-order chi connectivity index (χ0) is 15.9. The fourth-order valence-corrected chi connectivity index (χ4v) is 2.07. The van der Waals surface area contributed by atoms with E-state index in [0.717, 1.165) is 12.1 Å². The quantitative estimate of drug-likeness (QED) is 0.715. The third-order valence-corrected chi connectivity index (χ3v) is 3.12. The molecule has 5 nitrogen and oxygen atoms in total. The van der Waals surface area contributed by atoms with Gasteiger partial charge in [0.15, 0.2) is 0 Å². The van der Waals surface area contributed by atoms with Crippen LogP contribution in [0.25, 0.3) is 22.8 Å². The van der Waals surface area contributed by atoms with Crippen molar-refractivity contribution in [3.8, 4) is 22.8 Å². The van der Waals surface area contributed by atoms with Gasteiger partial charge < -0.3 is 9.05 Å². The van der Waals surface area contributed by atoms with Gasteiger partial charge in [0.25, 0.3) is 5.89 Å². The molecule has 0 atom stereocenters. The van der Waals surface area contributed by atoms with Crippen LogP contribution in [0, 0.1) is 13.8 Å². The smallest absolute Gasteiger partial charge is 0.361 e.